The average Bonchev–Trinajstić information content (AvgIpc) is 3.19. The van der Waals surface area contributed by atoms with E-state index in [4.69, 9.17) is 18.9 Å². The van der Waals surface area contributed by atoms with Crippen molar-refractivity contribution in [3.63, 3.8) is 0 Å². The Morgan fingerprint density at radius 1 is 1.14 bits per heavy atom. The number of hydrogen-bond donors (Lipinski definition) is 1. The van der Waals surface area contributed by atoms with Crippen LogP contribution < -0.4 is 14.2 Å². The van der Waals surface area contributed by atoms with Gasteiger partial charge in [0, 0.05) is 5.56 Å². The van der Waals surface area contributed by atoms with Crippen molar-refractivity contribution in [1.29, 1.82) is 0 Å². The van der Waals surface area contributed by atoms with Crippen molar-refractivity contribution in [2.75, 3.05) is 21.0 Å². The van der Waals surface area contributed by atoms with Gasteiger partial charge >= 0.3 is 5.97 Å². The molecule has 9 nitrogen and oxygen atoms in total. The molecule has 2 heterocycles. The first-order valence-electron chi connectivity index (χ1n) is 8.48. The highest BCUT2D eigenvalue weighted by atomic mass is 32.2. The van der Waals surface area contributed by atoms with Gasteiger partial charge in [-0.1, -0.05) is 6.07 Å². The van der Waals surface area contributed by atoms with E-state index < -0.39 is 27.4 Å². The summed E-state index contributed by atoms with van der Waals surface area (Å²) in [4.78, 5) is 12.2. The maximum Gasteiger partial charge on any atom is 0.359 e. The molecular weight excluding hydrogens is 402 g/mol. The molecule has 2 aliphatic rings. The number of ether oxygens (including phenoxy) is 4. The summed E-state index contributed by atoms with van der Waals surface area (Å²) in [6.07, 6.45) is 0. The fourth-order valence-electron chi connectivity index (χ4n) is 3.19. The lowest BCUT2D eigenvalue weighted by Crippen LogP contribution is -2.38. The summed E-state index contributed by atoms with van der Waals surface area (Å²) in [5.74, 6) is -0.158. The third-order valence-electron chi connectivity index (χ3n) is 4.63. The molecule has 0 amide bonds. The topological polar surface area (TPSA) is 112 Å². The van der Waals surface area contributed by atoms with Crippen LogP contribution in [0.4, 0.5) is 0 Å². The standard InChI is InChI=1S/C19H17NO8S/c1-25-12-4-6-16-13(8-12)18(21)17(19(22)26-2)20(29(16,23)24)9-11-3-5-14-15(7-11)28-10-27-14/h3-8,21H,9-10H2,1-2H3. The fraction of sp³-hybridized carbons (Fsp3) is 0.211. The Bertz CT molecular complexity index is 1140. The summed E-state index contributed by atoms with van der Waals surface area (Å²) >= 11 is 0. The molecule has 0 aromatic heterocycles. The second-order valence-corrected chi connectivity index (χ2v) is 8.08. The van der Waals surface area contributed by atoms with Gasteiger partial charge in [0.25, 0.3) is 10.0 Å². The van der Waals surface area contributed by atoms with Crippen molar-refractivity contribution in [1.82, 2.24) is 4.31 Å². The van der Waals surface area contributed by atoms with E-state index in [1.54, 1.807) is 18.2 Å². The van der Waals surface area contributed by atoms with Crippen LogP contribution in [-0.4, -0.2) is 44.8 Å². The molecule has 0 saturated carbocycles. The number of nitrogens with zero attached hydrogens (tertiary/aromatic N) is 1. The SMILES string of the molecule is COC(=O)C1=C(O)c2cc(OC)ccc2S(=O)(=O)N1Cc1ccc2c(c1)OCO2. The number of hydrogen-bond acceptors (Lipinski definition) is 8. The number of esters is 1. The zero-order valence-electron chi connectivity index (χ0n) is 15.5. The maximum absolute atomic E-state index is 13.3. The minimum Gasteiger partial charge on any atom is -0.505 e. The van der Waals surface area contributed by atoms with E-state index in [-0.39, 0.29) is 23.8 Å². The quantitative estimate of drug-likeness (QED) is 0.750. The lowest BCUT2D eigenvalue weighted by molar-refractivity contribution is -0.137. The monoisotopic (exact) mass is 419 g/mol. The predicted molar refractivity (Wildman–Crippen MR) is 99.9 cm³/mol. The smallest absolute Gasteiger partial charge is 0.359 e. The van der Waals surface area contributed by atoms with Crippen molar-refractivity contribution in [3.05, 3.63) is 53.2 Å². The maximum atomic E-state index is 13.3. The molecule has 10 heteroatoms. The minimum atomic E-state index is -4.17. The fourth-order valence-corrected chi connectivity index (χ4v) is 4.83. The van der Waals surface area contributed by atoms with Gasteiger partial charge in [0.15, 0.2) is 23.0 Å². The van der Waals surface area contributed by atoms with Gasteiger partial charge in [0.2, 0.25) is 6.79 Å². The molecule has 0 spiro atoms. The highest BCUT2D eigenvalue weighted by Crippen LogP contribution is 2.40. The van der Waals surface area contributed by atoms with E-state index in [2.05, 4.69) is 0 Å². The van der Waals surface area contributed by atoms with Crippen LogP contribution in [0.3, 0.4) is 0 Å². The molecule has 4 rings (SSSR count). The Labute approximate surface area is 166 Å². The molecule has 2 aliphatic heterocycles. The van der Waals surface area contributed by atoms with Crippen LogP contribution in [-0.2, 0) is 26.1 Å². The van der Waals surface area contributed by atoms with Gasteiger partial charge in [-0.25, -0.2) is 13.2 Å². The Morgan fingerprint density at radius 3 is 2.62 bits per heavy atom. The van der Waals surface area contributed by atoms with Crippen LogP contribution in [0.2, 0.25) is 0 Å². The number of rotatable bonds is 4. The molecule has 1 N–H and O–H groups in total. The zero-order valence-corrected chi connectivity index (χ0v) is 16.4. The van der Waals surface area contributed by atoms with Crippen LogP contribution in [0.1, 0.15) is 11.1 Å². The van der Waals surface area contributed by atoms with Crippen LogP contribution >= 0.6 is 0 Å². The van der Waals surface area contributed by atoms with Crippen LogP contribution in [0.25, 0.3) is 5.76 Å². The van der Waals surface area contributed by atoms with Gasteiger partial charge in [-0.2, -0.15) is 0 Å². The number of carbonyl (C=O) groups is 1. The minimum absolute atomic E-state index is 0.0355. The van der Waals surface area contributed by atoms with Crippen LogP contribution in [0, 0.1) is 0 Å². The van der Waals surface area contributed by atoms with Gasteiger partial charge in [-0.3, -0.25) is 4.31 Å². The predicted octanol–water partition coefficient (Wildman–Crippen LogP) is 2.03. The van der Waals surface area contributed by atoms with Crippen LogP contribution in [0.15, 0.2) is 47.0 Å². The number of benzene rings is 2. The van der Waals surface area contributed by atoms with E-state index in [9.17, 15) is 18.3 Å². The number of fused-ring (bicyclic) bond motifs is 2. The summed E-state index contributed by atoms with van der Waals surface area (Å²) in [5, 5.41) is 10.8. The molecule has 152 valence electrons. The van der Waals surface area contributed by atoms with Crippen molar-refractivity contribution in [2.45, 2.75) is 11.4 Å². The van der Waals surface area contributed by atoms with Crippen LogP contribution in [0.5, 0.6) is 17.2 Å². The third kappa shape index (κ3) is 3.01. The Morgan fingerprint density at radius 2 is 1.90 bits per heavy atom. The van der Waals surface area contributed by atoms with Gasteiger partial charge in [-0.05, 0) is 35.9 Å². The van der Waals surface area contributed by atoms with Crippen molar-refractivity contribution < 1.29 is 37.3 Å². The second kappa shape index (κ2) is 6.89. The largest absolute Gasteiger partial charge is 0.505 e. The summed E-state index contributed by atoms with van der Waals surface area (Å²) in [6, 6.07) is 9.05. The van der Waals surface area contributed by atoms with Crippen molar-refractivity contribution >= 4 is 21.8 Å². The zero-order chi connectivity index (χ0) is 20.8. The number of aliphatic hydroxyl groups is 1. The first-order chi connectivity index (χ1) is 13.9. The molecule has 0 bridgehead atoms. The normalized spacial score (nSPS) is 16.4. The number of aliphatic hydroxyl groups excluding tert-OH is 1. The summed E-state index contributed by atoms with van der Waals surface area (Å²) in [7, 11) is -1.65. The summed E-state index contributed by atoms with van der Waals surface area (Å²) in [6.45, 7) is -0.150. The van der Waals surface area contributed by atoms with E-state index >= 15 is 0 Å². The molecule has 2 aromatic carbocycles. The van der Waals surface area contributed by atoms with E-state index in [0.29, 0.717) is 22.8 Å². The number of methoxy groups -OCH3 is 2. The Balaban J connectivity index is 1.85. The van der Waals surface area contributed by atoms with Crippen molar-refractivity contribution in [2.24, 2.45) is 0 Å². The molecule has 2 aromatic rings. The Kier molecular flexibility index (Phi) is 4.50. The highest BCUT2D eigenvalue weighted by Gasteiger charge is 2.41. The lowest BCUT2D eigenvalue weighted by Gasteiger charge is -2.31. The average molecular weight is 419 g/mol. The van der Waals surface area contributed by atoms with Gasteiger partial charge in [0.05, 0.1) is 25.7 Å². The molecular formula is C19H17NO8S. The summed E-state index contributed by atoms with van der Waals surface area (Å²) in [5.41, 5.74) is 0.0154. The number of carbonyl (C=O) groups excluding carboxylic acids is 1. The highest BCUT2D eigenvalue weighted by molar-refractivity contribution is 7.89. The second-order valence-electron chi connectivity index (χ2n) is 6.25. The van der Waals surface area contributed by atoms with E-state index in [1.165, 1.54) is 25.3 Å². The summed E-state index contributed by atoms with van der Waals surface area (Å²) < 4.78 is 47.8. The van der Waals surface area contributed by atoms with Gasteiger partial charge in [-0.15, -0.1) is 0 Å². The van der Waals surface area contributed by atoms with E-state index in [0.717, 1.165) is 11.4 Å². The molecule has 0 aliphatic carbocycles. The molecule has 0 radical (unpaired) electrons. The van der Waals surface area contributed by atoms with Gasteiger partial charge in [0.1, 0.15) is 5.75 Å². The molecule has 0 atom stereocenters. The lowest BCUT2D eigenvalue weighted by atomic mass is 10.1. The third-order valence-corrected chi connectivity index (χ3v) is 6.43. The van der Waals surface area contributed by atoms with E-state index in [1.807, 2.05) is 0 Å². The molecule has 0 fully saturated rings. The molecule has 0 saturated heterocycles. The number of sulfonamides is 1. The molecule has 0 unspecified atom stereocenters. The first kappa shape index (κ1) is 18.9. The molecule has 29 heavy (non-hydrogen) atoms. The van der Waals surface area contributed by atoms with Gasteiger partial charge < -0.3 is 24.1 Å². The first-order valence-corrected chi connectivity index (χ1v) is 9.92. The van der Waals surface area contributed by atoms with Crippen molar-refractivity contribution in [3.8, 4) is 17.2 Å². The Hall–Kier alpha value is -3.40.